The summed E-state index contributed by atoms with van der Waals surface area (Å²) in [6.07, 6.45) is 5.01. The fourth-order valence-electron chi connectivity index (χ4n) is 2.49. The predicted molar refractivity (Wildman–Crippen MR) is 101 cm³/mol. The minimum Gasteiger partial charge on any atom is -0.464 e. The number of fused-ring (bicyclic) bond motifs is 1. The van der Waals surface area contributed by atoms with Crippen molar-refractivity contribution in [3.8, 4) is 11.3 Å². The van der Waals surface area contributed by atoms with Crippen LogP contribution in [-0.4, -0.2) is 10.9 Å². The minimum atomic E-state index is -0.174. The molecule has 0 unspecified atom stereocenters. The number of furan rings is 1. The predicted octanol–water partition coefficient (Wildman–Crippen LogP) is 4.35. The van der Waals surface area contributed by atoms with Crippen LogP contribution in [0, 0.1) is 3.57 Å². The Morgan fingerprint density at radius 1 is 1.21 bits per heavy atom. The summed E-state index contributed by atoms with van der Waals surface area (Å²) in [4.78, 5) is 16.5. The molecule has 0 atom stereocenters. The van der Waals surface area contributed by atoms with Gasteiger partial charge in [0.1, 0.15) is 11.6 Å². The van der Waals surface area contributed by atoms with E-state index in [0.29, 0.717) is 11.4 Å². The van der Waals surface area contributed by atoms with Gasteiger partial charge in [-0.25, -0.2) is 4.98 Å². The lowest BCUT2D eigenvalue weighted by Crippen LogP contribution is -2.05. The number of anilines is 2. The Hall–Kier alpha value is -2.61. The van der Waals surface area contributed by atoms with E-state index in [-0.39, 0.29) is 5.91 Å². The van der Waals surface area contributed by atoms with Crippen LogP contribution in [0.3, 0.4) is 0 Å². The number of rotatable bonds is 3. The first-order valence-electron chi connectivity index (χ1n) is 7.28. The third-order valence-corrected chi connectivity index (χ3v) is 4.41. The summed E-state index contributed by atoms with van der Waals surface area (Å²) in [7, 11) is 0. The molecule has 1 aliphatic rings. The van der Waals surface area contributed by atoms with Crippen molar-refractivity contribution in [2.75, 3.05) is 10.6 Å². The molecule has 2 aromatic heterocycles. The summed E-state index contributed by atoms with van der Waals surface area (Å²) < 4.78 is 6.56. The first-order valence-corrected chi connectivity index (χ1v) is 8.36. The van der Waals surface area contributed by atoms with Crippen molar-refractivity contribution >= 4 is 45.6 Å². The fraction of sp³-hybridized carbons (Fsp3) is 0. The van der Waals surface area contributed by atoms with Crippen molar-refractivity contribution in [3.63, 3.8) is 0 Å². The molecular weight excluding hydrogens is 417 g/mol. The van der Waals surface area contributed by atoms with E-state index < -0.39 is 0 Å². The number of hydrogen-bond acceptors (Lipinski definition) is 4. The standard InChI is InChI=1S/C18H12IN3O2/c19-12-3-5-13(6-4-12)20-10-15-14-8-11(16-2-1-7-24-16)9-21-17(14)22-18(15)23/h1-10,20H,(H,21,22,23). The van der Waals surface area contributed by atoms with Crippen LogP contribution in [0.5, 0.6) is 0 Å². The highest BCUT2D eigenvalue weighted by Crippen LogP contribution is 2.33. The molecule has 1 aromatic carbocycles. The average molecular weight is 429 g/mol. The second-order valence-electron chi connectivity index (χ2n) is 5.26. The number of nitrogens with one attached hydrogen (secondary N) is 2. The van der Waals surface area contributed by atoms with Crippen LogP contribution in [-0.2, 0) is 4.79 Å². The summed E-state index contributed by atoms with van der Waals surface area (Å²) in [6, 6.07) is 13.5. The molecule has 2 N–H and O–H groups in total. The van der Waals surface area contributed by atoms with Crippen molar-refractivity contribution in [1.29, 1.82) is 0 Å². The lowest BCUT2D eigenvalue weighted by atomic mass is 10.1. The van der Waals surface area contributed by atoms with Gasteiger partial charge < -0.3 is 15.1 Å². The molecule has 1 amide bonds. The number of hydrogen-bond donors (Lipinski definition) is 2. The summed E-state index contributed by atoms with van der Waals surface area (Å²) >= 11 is 2.25. The first-order chi connectivity index (χ1) is 11.7. The second-order valence-corrected chi connectivity index (χ2v) is 6.51. The molecule has 0 fully saturated rings. The van der Waals surface area contributed by atoms with Gasteiger partial charge in [0.2, 0.25) is 0 Å². The van der Waals surface area contributed by atoms with Crippen molar-refractivity contribution < 1.29 is 9.21 Å². The molecule has 0 bridgehead atoms. The third-order valence-electron chi connectivity index (χ3n) is 3.69. The molecule has 3 aromatic rings. The Kier molecular flexibility index (Phi) is 3.81. The van der Waals surface area contributed by atoms with Gasteiger partial charge in [0, 0.05) is 32.8 Å². The maximum Gasteiger partial charge on any atom is 0.259 e. The highest BCUT2D eigenvalue weighted by molar-refractivity contribution is 14.1. The molecule has 24 heavy (non-hydrogen) atoms. The Balaban J connectivity index is 1.68. The lowest BCUT2D eigenvalue weighted by molar-refractivity contribution is -0.110. The first kappa shape index (κ1) is 14.9. The van der Waals surface area contributed by atoms with Crippen LogP contribution in [0.4, 0.5) is 11.5 Å². The van der Waals surface area contributed by atoms with E-state index in [1.807, 2.05) is 42.5 Å². The molecule has 1 aliphatic heterocycles. The van der Waals surface area contributed by atoms with Crippen molar-refractivity contribution in [1.82, 2.24) is 4.98 Å². The zero-order valence-electron chi connectivity index (χ0n) is 12.4. The van der Waals surface area contributed by atoms with E-state index in [4.69, 9.17) is 4.42 Å². The highest BCUT2D eigenvalue weighted by Gasteiger charge is 2.26. The Morgan fingerprint density at radius 3 is 2.79 bits per heavy atom. The normalized spacial score (nSPS) is 14.5. The van der Waals surface area contributed by atoms with Gasteiger partial charge in [0.15, 0.2) is 0 Å². The molecule has 0 saturated heterocycles. The van der Waals surface area contributed by atoms with Gasteiger partial charge in [-0.2, -0.15) is 0 Å². The number of aromatic nitrogens is 1. The van der Waals surface area contributed by atoms with Gasteiger partial charge in [0.05, 0.1) is 11.8 Å². The van der Waals surface area contributed by atoms with E-state index in [1.165, 1.54) is 0 Å². The van der Waals surface area contributed by atoms with Gasteiger partial charge in [-0.1, -0.05) is 0 Å². The van der Waals surface area contributed by atoms with Crippen LogP contribution in [0.15, 0.2) is 65.5 Å². The maximum absolute atomic E-state index is 12.2. The van der Waals surface area contributed by atoms with Crippen LogP contribution in [0.2, 0.25) is 0 Å². The van der Waals surface area contributed by atoms with E-state index in [2.05, 4.69) is 38.2 Å². The zero-order chi connectivity index (χ0) is 16.5. The van der Waals surface area contributed by atoms with Crippen LogP contribution >= 0.6 is 22.6 Å². The Morgan fingerprint density at radius 2 is 2.04 bits per heavy atom. The van der Waals surface area contributed by atoms with Gasteiger partial charge in [-0.15, -0.1) is 0 Å². The minimum absolute atomic E-state index is 0.174. The van der Waals surface area contributed by atoms with Crippen LogP contribution in [0.25, 0.3) is 16.9 Å². The summed E-state index contributed by atoms with van der Waals surface area (Å²) in [5, 5.41) is 5.94. The van der Waals surface area contributed by atoms with E-state index in [9.17, 15) is 4.79 Å². The van der Waals surface area contributed by atoms with Crippen molar-refractivity contribution in [2.45, 2.75) is 0 Å². The Bertz CT molecular complexity index is 931. The maximum atomic E-state index is 12.2. The molecule has 0 saturated carbocycles. The average Bonchev–Trinajstić information content (AvgIpc) is 3.21. The monoisotopic (exact) mass is 429 g/mol. The van der Waals surface area contributed by atoms with E-state index >= 15 is 0 Å². The highest BCUT2D eigenvalue weighted by atomic mass is 127. The number of pyridine rings is 1. The number of amides is 1. The summed E-state index contributed by atoms with van der Waals surface area (Å²) in [5.41, 5.74) is 3.05. The topological polar surface area (TPSA) is 67.2 Å². The number of carbonyl (C=O) groups excluding carboxylic acids is 1. The molecule has 5 nitrogen and oxygen atoms in total. The molecule has 4 rings (SSSR count). The third kappa shape index (κ3) is 2.80. The number of halogens is 1. The van der Waals surface area contributed by atoms with Crippen molar-refractivity contribution in [3.05, 3.63) is 70.3 Å². The number of carbonyl (C=O) groups is 1. The number of nitrogens with zero attached hydrogens (tertiary/aromatic N) is 1. The molecule has 6 heteroatoms. The van der Waals surface area contributed by atoms with E-state index in [0.717, 1.165) is 26.1 Å². The molecule has 0 spiro atoms. The summed E-state index contributed by atoms with van der Waals surface area (Å²) in [5.74, 6) is 1.10. The Labute approximate surface area is 151 Å². The smallest absolute Gasteiger partial charge is 0.259 e. The number of benzene rings is 1. The van der Waals surface area contributed by atoms with Gasteiger partial charge >= 0.3 is 0 Å². The lowest BCUT2D eigenvalue weighted by Gasteiger charge is -2.04. The zero-order valence-corrected chi connectivity index (χ0v) is 14.6. The fourth-order valence-corrected chi connectivity index (χ4v) is 2.85. The molecular formula is C18H12IN3O2. The largest absolute Gasteiger partial charge is 0.464 e. The summed E-state index contributed by atoms with van der Waals surface area (Å²) in [6.45, 7) is 0. The molecule has 3 heterocycles. The van der Waals surface area contributed by atoms with Gasteiger partial charge in [-0.3, -0.25) is 4.79 Å². The quantitative estimate of drug-likeness (QED) is 0.480. The van der Waals surface area contributed by atoms with Crippen LogP contribution in [0.1, 0.15) is 5.56 Å². The molecule has 118 valence electrons. The van der Waals surface area contributed by atoms with Crippen molar-refractivity contribution in [2.24, 2.45) is 0 Å². The molecule has 0 aliphatic carbocycles. The second kappa shape index (κ2) is 6.12. The molecule has 0 radical (unpaired) electrons. The van der Waals surface area contributed by atoms with Gasteiger partial charge in [-0.05, 0) is 65.1 Å². The van der Waals surface area contributed by atoms with E-state index in [1.54, 1.807) is 18.7 Å². The SMILES string of the molecule is O=C1Nc2ncc(-c3ccco3)cc2C1=CNc1ccc(I)cc1. The van der Waals surface area contributed by atoms with Crippen LogP contribution < -0.4 is 10.6 Å². The van der Waals surface area contributed by atoms with Gasteiger partial charge in [0.25, 0.3) is 5.91 Å².